The number of hydrogen-bond donors (Lipinski definition) is 0. The van der Waals surface area contributed by atoms with Crippen LogP contribution in [0.4, 0.5) is 5.69 Å². The molecule has 138 valence electrons. The highest BCUT2D eigenvalue weighted by Crippen LogP contribution is 2.37. The van der Waals surface area contributed by atoms with E-state index < -0.39 is 16.2 Å². The molecule has 0 aromatic heterocycles. The van der Waals surface area contributed by atoms with Crippen LogP contribution in [0.2, 0.25) is 5.02 Å². The predicted molar refractivity (Wildman–Crippen MR) is 100 cm³/mol. The van der Waals surface area contributed by atoms with Gasteiger partial charge in [0.05, 0.1) is 18.8 Å². The van der Waals surface area contributed by atoms with Gasteiger partial charge in [-0.2, -0.15) is 12.7 Å². The second-order valence-electron chi connectivity index (χ2n) is 5.81. The van der Waals surface area contributed by atoms with Crippen molar-refractivity contribution < 1.29 is 17.9 Å². The smallest absolute Gasteiger partial charge is 0.321 e. The van der Waals surface area contributed by atoms with E-state index in [9.17, 15) is 13.2 Å². The first kappa shape index (κ1) is 18.7. The number of halogens is 1. The van der Waals surface area contributed by atoms with Crippen molar-refractivity contribution in [3.8, 4) is 0 Å². The van der Waals surface area contributed by atoms with Crippen molar-refractivity contribution in [2.75, 3.05) is 17.5 Å². The maximum absolute atomic E-state index is 13.1. The van der Waals surface area contributed by atoms with Gasteiger partial charge in [0.25, 0.3) is 0 Å². The van der Waals surface area contributed by atoms with Crippen LogP contribution in [0.25, 0.3) is 0 Å². The van der Waals surface area contributed by atoms with E-state index in [1.54, 1.807) is 25.1 Å². The summed E-state index contributed by atoms with van der Waals surface area (Å²) in [4.78, 5) is 11.9. The number of fused-ring (bicyclic) bond motifs is 1. The number of ether oxygens (including phenoxy) is 1. The number of nitrogens with zero attached hydrogens (tertiary/aromatic N) is 2. The minimum absolute atomic E-state index is 0.0292. The van der Waals surface area contributed by atoms with Gasteiger partial charge in [0.2, 0.25) is 0 Å². The number of benzene rings is 2. The number of anilines is 1. The lowest BCUT2D eigenvalue weighted by atomic mass is 10.1. The number of carbonyl (C=O) groups excluding carboxylic acids is 1. The van der Waals surface area contributed by atoms with E-state index in [0.717, 1.165) is 9.87 Å². The lowest BCUT2D eigenvalue weighted by Crippen LogP contribution is -2.49. The first-order chi connectivity index (χ1) is 12.4. The van der Waals surface area contributed by atoms with Crippen LogP contribution in [0.5, 0.6) is 0 Å². The van der Waals surface area contributed by atoms with E-state index in [1.807, 2.05) is 30.3 Å². The molecule has 8 heteroatoms. The van der Waals surface area contributed by atoms with Crippen LogP contribution < -0.4 is 4.31 Å². The second-order valence-corrected chi connectivity index (χ2v) is 8.07. The summed E-state index contributed by atoms with van der Waals surface area (Å²) in [6.07, 6.45) is 0. The predicted octanol–water partition coefficient (Wildman–Crippen LogP) is 2.97. The average molecular weight is 395 g/mol. The van der Waals surface area contributed by atoms with Crippen LogP contribution >= 0.6 is 11.6 Å². The lowest BCUT2D eigenvalue weighted by Gasteiger charge is -2.37. The number of esters is 1. The van der Waals surface area contributed by atoms with Crippen molar-refractivity contribution >= 4 is 33.5 Å². The molecule has 1 aliphatic heterocycles. The van der Waals surface area contributed by atoms with Crippen molar-refractivity contribution in [1.82, 2.24) is 4.31 Å². The summed E-state index contributed by atoms with van der Waals surface area (Å²) < 4.78 is 33.6. The van der Waals surface area contributed by atoms with Gasteiger partial charge in [-0.1, -0.05) is 48.0 Å². The van der Waals surface area contributed by atoms with Gasteiger partial charge in [0.15, 0.2) is 0 Å². The molecule has 0 atom stereocenters. The largest absolute Gasteiger partial charge is 0.465 e. The molecule has 0 amide bonds. The molecular formula is C18H19ClN2O4S. The number of hydrogen-bond acceptors (Lipinski definition) is 4. The van der Waals surface area contributed by atoms with E-state index in [2.05, 4.69) is 0 Å². The summed E-state index contributed by atoms with van der Waals surface area (Å²) in [5.74, 6) is -0.591. The molecule has 26 heavy (non-hydrogen) atoms. The average Bonchev–Trinajstić information content (AvgIpc) is 2.61. The zero-order valence-corrected chi connectivity index (χ0v) is 15.8. The van der Waals surface area contributed by atoms with E-state index in [0.29, 0.717) is 16.3 Å². The number of carbonyl (C=O) groups is 1. The van der Waals surface area contributed by atoms with Gasteiger partial charge in [0, 0.05) is 17.1 Å². The quantitative estimate of drug-likeness (QED) is 0.731. The molecule has 0 unspecified atom stereocenters. The molecular weight excluding hydrogens is 376 g/mol. The molecule has 0 radical (unpaired) electrons. The van der Waals surface area contributed by atoms with Crippen molar-refractivity contribution in [2.45, 2.75) is 20.0 Å². The fraction of sp³-hybridized carbons (Fsp3) is 0.278. The Labute approximate surface area is 158 Å². The van der Waals surface area contributed by atoms with Gasteiger partial charge in [0.1, 0.15) is 6.54 Å². The Morgan fingerprint density at radius 1 is 1.15 bits per heavy atom. The Balaban J connectivity index is 2.02. The third kappa shape index (κ3) is 3.70. The minimum Gasteiger partial charge on any atom is -0.465 e. The summed E-state index contributed by atoms with van der Waals surface area (Å²) in [6, 6.07) is 14.4. The van der Waals surface area contributed by atoms with Crippen LogP contribution in [0.1, 0.15) is 18.1 Å². The summed E-state index contributed by atoms with van der Waals surface area (Å²) in [6.45, 7) is 1.69. The van der Waals surface area contributed by atoms with Gasteiger partial charge in [-0.05, 0) is 24.6 Å². The van der Waals surface area contributed by atoms with Crippen LogP contribution in [-0.2, 0) is 32.8 Å². The maximum Gasteiger partial charge on any atom is 0.321 e. The van der Waals surface area contributed by atoms with Crippen molar-refractivity contribution in [3.63, 3.8) is 0 Å². The Kier molecular flexibility index (Phi) is 5.50. The Morgan fingerprint density at radius 2 is 1.88 bits per heavy atom. The molecule has 0 spiro atoms. The molecule has 0 saturated heterocycles. The van der Waals surface area contributed by atoms with Crippen LogP contribution in [0.3, 0.4) is 0 Å². The molecule has 0 saturated carbocycles. The Hall–Kier alpha value is -2.09. The molecule has 0 aliphatic carbocycles. The van der Waals surface area contributed by atoms with E-state index in [4.69, 9.17) is 16.3 Å². The first-order valence-corrected chi connectivity index (χ1v) is 9.95. The Morgan fingerprint density at radius 3 is 2.58 bits per heavy atom. The second kappa shape index (κ2) is 7.65. The van der Waals surface area contributed by atoms with E-state index >= 15 is 0 Å². The molecule has 6 nitrogen and oxygen atoms in total. The highest BCUT2D eigenvalue weighted by molar-refractivity contribution is 7.90. The van der Waals surface area contributed by atoms with Crippen LogP contribution in [0, 0.1) is 0 Å². The van der Waals surface area contributed by atoms with Gasteiger partial charge >= 0.3 is 16.2 Å². The van der Waals surface area contributed by atoms with E-state index in [-0.39, 0.29) is 26.2 Å². The molecule has 0 fully saturated rings. The highest BCUT2D eigenvalue weighted by Gasteiger charge is 2.38. The molecule has 1 aliphatic rings. The van der Waals surface area contributed by atoms with Crippen LogP contribution in [-0.4, -0.2) is 31.8 Å². The molecule has 0 bridgehead atoms. The van der Waals surface area contributed by atoms with Crippen molar-refractivity contribution in [1.29, 1.82) is 0 Å². The standard InChI is InChI=1S/C18H19ClN2O4S/c1-2-25-18(22)13-20-12-15-16(19)9-6-10-17(15)21(26(20,23)24)11-14-7-4-3-5-8-14/h3-10H,2,11-13H2,1H3. The SMILES string of the molecule is CCOC(=O)CN1Cc2c(Cl)cccc2N(Cc2ccccc2)S1(=O)=O. The molecule has 2 aromatic carbocycles. The molecule has 0 N–H and O–H groups in total. The number of rotatable bonds is 5. The summed E-state index contributed by atoms with van der Waals surface area (Å²) in [5, 5.41) is 0.462. The van der Waals surface area contributed by atoms with Gasteiger partial charge in [-0.15, -0.1) is 0 Å². The first-order valence-electron chi connectivity index (χ1n) is 8.18. The Bertz CT molecular complexity index is 903. The fourth-order valence-corrected chi connectivity index (χ4v) is 4.66. The molecule has 2 aromatic rings. The topological polar surface area (TPSA) is 66.9 Å². The molecule has 3 rings (SSSR count). The van der Waals surface area contributed by atoms with Gasteiger partial charge < -0.3 is 4.74 Å². The van der Waals surface area contributed by atoms with Gasteiger partial charge in [-0.3, -0.25) is 9.10 Å². The minimum atomic E-state index is -3.90. The zero-order valence-electron chi connectivity index (χ0n) is 14.3. The maximum atomic E-state index is 13.1. The molecule has 1 heterocycles. The third-order valence-corrected chi connectivity index (χ3v) is 6.23. The zero-order chi connectivity index (χ0) is 18.7. The lowest BCUT2D eigenvalue weighted by molar-refractivity contribution is -0.143. The van der Waals surface area contributed by atoms with Crippen molar-refractivity contribution in [2.24, 2.45) is 0 Å². The normalized spacial score (nSPS) is 16.2. The fourth-order valence-electron chi connectivity index (χ4n) is 2.86. The summed E-state index contributed by atoms with van der Waals surface area (Å²) in [5.41, 5.74) is 2.03. The third-order valence-electron chi connectivity index (χ3n) is 4.08. The van der Waals surface area contributed by atoms with E-state index in [1.165, 1.54) is 4.31 Å². The summed E-state index contributed by atoms with van der Waals surface area (Å²) in [7, 11) is -3.90. The summed E-state index contributed by atoms with van der Waals surface area (Å²) >= 11 is 6.30. The van der Waals surface area contributed by atoms with Crippen LogP contribution in [0.15, 0.2) is 48.5 Å². The monoisotopic (exact) mass is 394 g/mol. The highest BCUT2D eigenvalue weighted by atomic mass is 35.5. The van der Waals surface area contributed by atoms with Crippen molar-refractivity contribution in [3.05, 3.63) is 64.7 Å². The van der Waals surface area contributed by atoms with Gasteiger partial charge in [-0.25, -0.2) is 0 Å².